The van der Waals surface area contributed by atoms with E-state index in [1.54, 1.807) is 18.5 Å². The lowest BCUT2D eigenvalue weighted by molar-refractivity contribution is -0.122. The predicted octanol–water partition coefficient (Wildman–Crippen LogP) is 1.28. The third kappa shape index (κ3) is 4.83. The largest absolute Gasteiger partial charge is 0.368 e. The van der Waals surface area contributed by atoms with Gasteiger partial charge in [0.05, 0.1) is 0 Å². The molecule has 8 heteroatoms. The minimum Gasteiger partial charge on any atom is -0.368 e. The molecule has 1 aromatic carbocycles. The number of nitrogens with zero attached hydrogens (tertiary/aromatic N) is 5. The van der Waals surface area contributed by atoms with Crippen LogP contribution in [0.5, 0.6) is 0 Å². The fourth-order valence-electron chi connectivity index (χ4n) is 3.45. The summed E-state index contributed by atoms with van der Waals surface area (Å²) in [4.78, 5) is 33.0. The molecule has 8 nitrogen and oxygen atoms in total. The molecule has 0 bridgehead atoms. The Bertz CT molecular complexity index is 1030. The Hall–Kier alpha value is -3.68. The van der Waals surface area contributed by atoms with Crippen LogP contribution in [0.4, 0.5) is 11.5 Å². The summed E-state index contributed by atoms with van der Waals surface area (Å²) in [6, 6.07) is 17.2. The first-order chi connectivity index (χ1) is 14.7. The van der Waals surface area contributed by atoms with Gasteiger partial charge in [-0.2, -0.15) is 5.10 Å². The minimum absolute atomic E-state index is 0.114. The highest BCUT2D eigenvalue weighted by Gasteiger charge is 2.19. The first-order valence-corrected chi connectivity index (χ1v) is 9.98. The van der Waals surface area contributed by atoms with E-state index in [9.17, 15) is 9.59 Å². The second-order valence-corrected chi connectivity index (χ2v) is 7.14. The van der Waals surface area contributed by atoms with Crippen LogP contribution in [0.2, 0.25) is 0 Å². The van der Waals surface area contributed by atoms with Crippen molar-refractivity contribution >= 4 is 17.4 Å². The number of aromatic nitrogens is 3. The standard InChI is InChI=1S/C22H24N6O2/c29-21(24-16-18-5-4-10-23-15-18)17-28-22(30)9-8-20(25-28)27-13-11-26(12-14-27)19-6-2-1-3-7-19/h1-10,15H,11-14,16-17H2,(H,24,29). The summed E-state index contributed by atoms with van der Waals surface area (Å²) in [6.07, 6.45) is 3.38. The molecular weight excluding hydrogens is 380 g/mol. The van der Waals surface area contributed by atoms with Crippen LogP contribution in [0, 0.1) is 0 Å². The van der Waals surface area contributed by atoms with Crippen LogP contribution in [0.15, 0.2) is 71.8 Å². The summed E-state index contributed by atoms with van der Waals surface area (Å²) in [6.45, 7) is 3.59. The molecule has 1 N–H and O–H groups in total. The molecule has 3 heterocycles. The molecule has 1 amide bonds. The topological polar surface area (TPSA) is 83.4 Å². The summed E-state index contributed by atoms with van der Waals surface area (Å²) in [5.41, 5.74) is 1.81. The molecule has 1 aliphatic heterocycles. The Kier molecular flexibility index (Phi) is 6.03. The van der Waals surface area contributed by atoms with E-state index in [0.717, 1.165) is 31.7 Å². The third-order valence-corrected chi connectivity index (χ3v) is 5.08. The maximum atomic E-state index is 12.3. The number of benzene rings is 1. The van der Waals surface area contributed by atoms with Crippen molar-refractivity contribution in [3.63, 3.8) is 0 Å². The van der Waals surface area contributed by atoms with Gasteiger partial charge in [-0.15, -0.1) is 0 Å². The van der Waals surface area contributed by atoms with Crippen LogP contribution < -0.4 is 20.7 Å². The Morgan fingerprint density at radius 1 is 0.933 bits per heavy atom. The molecule has 1 aliphatic rings. The summed E-state index contributed by atoms with van der Waals surface area (Å²) in [5.74, 6) is 0.446. The van der Waals surface area contributed by atoms with Crippen molar-refractivity contribution in [1.82, 2.24) is 20.1 Å². The molecule has 2 aromatic heterocycles. The molecule has 1 fully saturated rings. The molecule has 0 unspecified atom stereocenters. The van der Waals surface area contributed by atoms with Gasteiger partial charge in [0.2, 0.25) is 5.91 Å². The van der Waals surface area contributed by atoms with Crippen molar-refractivity contribution < 1.29 is 4.79 Å². The number of hydrogen-bond donors (Lipinski definition) is 1. The van der Waals surface area contributed by atoms with Gasteiger partial charge in [0.25, 0.3) is 5.56 Å². The van der Waals surface area contributed by atoms with E-state index in [-0.39, 0.29) is 18.0 Å². The Morgan fingerprint density at radius 3 is 2.43 bits per heavy atom. The molecule has 3 aromatic rings. The number of hydrogen-bond acceptors (Lipinski definition) is 6. The zero-order valence-electron chi connectivity index (χ0n) is 16.6. The van der Waals surface area contributed by atoms with Crippen LogP contribution in [0.25, 0.3) is 0 Å². The molecular formula is C22H24N6O2. The fraction of sp³-hybridized carbons (Fsp3) is 0.273. The highest BCUT2D eigenvalue weighted by Crippen LogP contribution is 2.18. The maximum absolute atomic E-state index is 12.3. The van der Waals surface area contributed by atoms with E-state index in [2.05, 4.69) is 37.3 Å². The molecule has 0 atom stereocenters. The van der Waals surface area contributed by atoms with Gasteiger partial charge >= 0.3 is 0 Å². The summed E-state index contributed by atoms with van der Waals surface area (Å²) in [7, 11) is 0. The number of rotatable bonds is 6. The van der Waals surface area contributed by atoms with Gasteiger partial charge in [-0.25, -0.2) is 4.68 Å². The molecule has 0 radical (unpaired) electrons. The Morgan fingerprint density at radius 2 is 1.70 bits per heavy atom. The number of nitrogens with one attached hydrogen (secondary N) is 1. The fourth-order valence-corrected chi connectivity index (χ4v) is 3.45. The second kappa shape index (κ2) is 9.21. The van der Waals surface area contributed by atoms with Gasteiger partial charge in [-0.05, 0) is 29.8 Å². The predicted molar refractivity (Wildman–Crippen MR) is 115 cm³/mol. The van der Waals surface area contributed by atoms with Crippen LogP contribution in [0.3, 0.4) is 0 Å². The van der Waals surface area contributed by atoms with Gasteiger partial charge in [0, 0.05) is 56.9 Å². The molecule has 0 aliphatic carbocycles. The van der Waals surface area contributed by atoms with Gasteiger partial charge in [0.1, 0.15) is 12.4 Å². The average Bonchev–Trinajstić information content (AvgIpc) is 2.80. The third-order valence-electron chi connectivity index (χ3n) is 5.08. The number of amides is 1. The van der Waals surface area contributed by atoms with Crippen molar-refractivity contribution in [2.75, 3.05) is 36.0 Å². The summed E-state index contributed by atoms with van der Waals surface area (Å²) in [5, 5.41) is 7.23. The van der Waals surface area contributed by atoms with Gasteiger partial charge in [0.15, 0.2) is 0 Å². The monoisotopic (exact) mass is 404 g/mol. The average molecular weight is 404 g/mol. The molecule has 154 valence electrons. The lowest BCUT2D eigenvalue weighted by Crippen LogP contribution is -2.47. The van der Waals surface area contributed by atoms with Crippen LogP contribution >= 0.6 is 0 Å². The number of piperazine rings is 1. The highest BCUT2D eigenvalue weighted by atomic mass is 16.2. The van der Waals surface area contributed by atoms with E-state index in [0.29, 0.717) is 12.4 Å². The van der Waals surface area contributed by atoms with E-state index in [1.165, 1.54) is 16.4 Å². The smallest absolute Gasteiger partial charge is 0.267 e. The Labute approximate surface area is 174 Å². The van der Waals surface area contributed by atoms with E-state index >= 15 is 0 Å². The lowest BCUT2D eigenvalue weighted by Gasteiger charge is -2.36. The van der Waals surface area contributed by atoms with E-state index in [1.807, 2.05) is 30.3 Å². The quantitative estimate of drug-likeness (QED) is 0.667. The molecule has 30 heavy (non-hydrogen) atoms. The second-order valence-electron chi connectivity index (χ2n) is 7.14. The molecule has 4 rings (SSSR count). The van der Waals surface area contributed by atoms with Crippen molar-refractivity contribution in [1.29, 1.82) is 0 Å². The molecule has 1 saturated heterocycles. The molecule has 0 saturated carbocycles. The van der Waals surface area contributed by atoms with Gasteiger partial charge in [-0.1, -0.05) is 24.3 Å². The molecule has 0 spiro atoms. The van der Waals surface area contributed by atoms with E-state index in [4.69, 9.17) is 0 Å². The summed E-state index contributed by atoms with van der Waals surface area (Å²) >= 11 is 0. The number of anilines is 2. The number of carbonyl (C=O) groups excluding carboxylic acids is 1. The lowest BCUT2D eigenvalue weighted by atomic mass is 10.2. The number of carbonyl (C=O) groups is 1. The highest BCUT2D eigenvalue weighted by molar-refractivity contribution is 5.75. The zero-order chi connectivity index (χ0) is 20.8. The van der Waals surface area contributed by atoms with Crippen molar-refractivity contribution in [2.24, 2.45) is 0 Å². The van der Waals surface area contributed by atoms with Crippen LogP contribution in [0.1, 0.15) is 5.56 Å². The first-order valence-electron chi connectivity index (χ1n) is 9.98. The minimum atomic E-state index is -0.293. The number of pyridine rings is 1. The van der Waals surface area contributed by atoms with Gasteiger partial charge < -0.3 is 15.1 Å². The normalized spacial score (nSPS) is 13.9. The SMILES string of the molecule is O=C(Cn1nc(N2CCN(c3ccccc3)CC2)ccc1=O)NCc1cccnc1. The van der Waals surface area contributed by atoms with Crippen molar-refractivity contribution in [3.05, 3.63) is 82.9 Å². The van der Waals surface area contributed by atoms with Crippen LogP contribution in [-0.4, -0.2) is 46.9 Å². The van der Waals surface area contributed by atoms with Crippen molar-refractivity contribution in [2.45, 2.75) is 13.1 Å². The van der Waals surface area contributed by atoms with Crippen LogP contribution in [-0.2, 0) is 17.9 Å². The maximum Gasteiger partial charge on any atom is 0.267 e. The van der Waals surface area contributed by atoms with Crippen molar-refractivity contribution in [3.8, 4) is 0 Å². The first kappa shape index (κ1) is 19.6. The van der Waals surface area contributed by atoms with E-state index < -0.39 is 0 Å². The number of para-hydroxylation sites is 1. The summed E-state index contributed by atoms with van der Waals surface area (Å²) < 4.78 is 1.22. The van der Waals surface area contributed by atoms with Gasteiger partial charge in [-0.3, -0.25) is 14.6 Å². The Balaban J connectivity index is 1.36. The zero-order valence-corrected chi connectivity index (χ0v) is 16.6.